The van der Waals surface area contributed by atoms with Crippen LogP contribution in [0.25, 0.3) is 21.9 Å². The van der Waals surface area contributed by atoms with Crippen LogP contribution in [-0.4, -0.2) is 21.2 Å². The van der Waals surface area contributed by atoms with Crippen LogP contribution in [-0.2, 0) is 0 Å². The number of H-pyrrole nitrogens is 1. The van der Waals surface area contributed by atoms with Crippen LogP contribution in [0.4, 0.5) is 5.95 Å². The number of anilines is 1. The molecule has 4 aromatic rings. The molecule has 2 N–H and O–H groups in total. The Kier molecular flexibility index (Phi) is 3.63. The Morgan fingerprint density at radius 1 is 1.08 bits per heavy atom. The van der Waals surface area contributed by atoms with Gasteiger partial charge in [-0.25, -0.2) is 15.4 Å². The standard InChI is InChI=1S/C18H14ClN5/c1-11-6-7-14-12(8-11)9-13(17(19)21-14)10-20-24-18-22-15-4-2-3-5-16(15)23-18/h2-10H,1H3,(H2,22,23,24). The van der Waals surface area contributed by atoms with Gasteiger partial charge in [-0.2, -0.15) is 5.10 Å². The molecule has 4 rings (SSSR count). The monoisotopic (exact) mass is 335 g/mol. The zero-order valence-electron chi connectivity index (χ0n) is 12.9. The number of benzene rings is 2. The molecule has 0 saturated heterocycles. The molecule has 0 amide bonds. The molecular weight excluding hydrogens is 322 g/mol. The highest BCUT2D eigenvalue weighted by Gasteiger charge is 2.04. The Bertz CT molecular complexity index is 1030. The van der Waals surface area contributed by atoms with Gasteiger partial charge in [0.25, 0.3) is 0 Å². The number of aromatic nitrogens is 3. The number of nitrogens with zero attached hydrogens (tertiary/aromatic N) is 3. The summed E-state index contributed by atoms with van der Waals surface area (Å²) in [6.07, 6.45) is 1.64. The van der Waals surface area contributed by atoms with Gasteiger partial charge in [0.15, 0.2) is 0 Å². The van der Waals surface area contributed by atoms with Crippen LogP contribution < -0.4 is 5.43 Å². The fourth-order valence-electron chi connectivity index (χ4n) is 2.55. The topological polar surface area (TPSA) is 66.0 Å². The lowest BCUT2D eigenvalue weighted by atomic mass is 10.1. The molecule has 0 atom stereocenters. The van der Waals surface area contributed by atoms with Crippen LogP contribution in [0.15, 0.2) is 53.6 Å². The summed E-state index contributed by atoms with van der Waals surface area (Å²) in [5.74, 6) is 0.577. The highest BCUT2D eigenvalue weighted by Crippen LogP contribution is 2.20. The predicted octanol–water partition coefficient (Wildman–Crippen LogP) is 4.52. The van der Waals surface area contributed by atoms with E-state index in [9.17, 15) is 0 Å². The van der Waals surface area contributed by atoms with Gasteiger partial charge < -0.3 is 4.98 Å². The summed E-state index contributed by atoms with van der Waals surface area (Å²) in [4.78, 5) is 11.9. The fraction of sp³-hybridized carbons (Fsp3) is 0.0556. The van der Waals surface area contributed by atoms with Gasteiger partial charge in [-0.1, -0.05) is 35.4 Å². The maximum absolute atomic E-state index is 6.24. The second-order valence-corrected chi connectivity index (χ2v) is 5.90. The number of fused-ring (bicyclic) bond motifs is 2. The van der Waals surface area contributed by atoms with Crippen LogP contribution in [0.3, 0.4) is 0 Å². The zero-order valence-corrected chi connectivity index (χ0v) is 13.7. The number of hydrazone groups is 1. The third kappa shape index (κ3) is 2.81. The van der Waals surface area contributed by atoms with E-state index in [0.717, 1.165) is 27.5 Å². The summed E-state index contributed by atoms with van der Waals surface area (Å²) in [7, 11) is 0. The highest BCUT2D eigenvalue weighted by molar-refractivity contribution is 6.32. The maximum Gasteiger partial charge on any atom is 0.222 e. The Morgan fingerprint density at radius 3 is 2.83 bits per heavy atom. The van der Waals surface area contributed by atoms with Gasteiger partial charge in [-0.3, -0.25) is 0 Å². The summed E-state index contributed by atoms with van der Waals surface area (Å²) in [6, 6.07) is 15.8. The van der Waals surface area contributed by atoms with Gasteiger partial charge in [0, 0.05) is 10.9 Å². The molecule has 5 nitrogen and oxygen atoms in total. The van der Waals surface area contributed by atoms with Crippen LogP contribution in [0, 0.1) is 6.92 Å². The third-order valence-corrected chi connectivity index (χ3v) is 4.02. The van der Waals surface area contributed by atoms with E-state index in [-0.39, 0.29) is 0 Å². The SMILES string of the molecule is Cc1ccc2nc(Cl)c(C=NNc3nc4ccccc4[nH]3)cc2c1. The maximum atomic E-state index is 6.24. The molecular formula is C18H14ClN5. The zero-order chi connectivity index (χ0) is 16.5. The highest BCUT2D eigenvalue weighted by atomic mass is 35.5. The van der Waals surface area contributed by atoms with Gasteiger partial charge in [-0.15, -0.1) is 0 Å². The van der Waals surface area contributed by atoms with Crippen LogP contribution in [0.5, 0.6) is 0 Å². The minimum Gasteiger partial charge on any atom is -0.323 e. The summed E-state index contributed by atoms with van der Waals surface area (Å²) in [5, 5.41) is 5.65. The number of para-hydroxylation sites is 2. The summed E-state index contributed by atoms with van der Waals surface area (Å²) in [5.41, 5.74) is 7.52. The molecule has 0 unspecified atom stereocenters. The number of halogens is 1. The molecule has 6 heteroatoms. The first-order chi connectivity index (χ1) is 11.7. The van der Waals surface area contributed by atoms with Crippen molar-refractivity contribution in [3.8, 4) is 0 Å². The number of aryl methyl sites for hydroxylation is 1. The van der Waals surface area contributed by atoms with Gasteiger partial charge in [0.2, 0.25) is 5.95 Å². The first-order valence-corrected chi connectivity index (χ1v) is 7.87. The largest absolute Gasteiger partial charge is 0.323 e. The minimum atomic E-state index is 0.418. The molecule has 0 saturated carbocycles. The van der Waals surface area contributed by atoms with Crippen molar-refractivity contribution in [2.24, 2.45) is 5.10 Å². The molecule has 2 aromatic carbocycles. The number of pyridine rings is 1. The molecule has 2 heterocycles. The second kappa shape index (κ2) is 5.94. The third-order valence-electron chi connectivity index (χ3n) is 3.71. The first kappa shape index (κ1) is 14.7. The van der Waals surface area contributed by atoms with Gasteiger partial charge in [-0.05, 0) is 37.3 Å². The average molecular weight is 336 g/mol. The van der Waals surface area contributed by atoms with Crippen LogP contribution in [0.2, 0.25) is 5.15 Å². The van der Waals surface area contributed by atoms with Crippen molar-refractivity contribution < 1.29 is 0 Å². The Balaban J connectivity index is 1.60. The van der Waals surface area contributed by atoms with Crippen molar-refractivity contribution in [3.05, 3.63) is 64.8 Å². The Hall–Kier alpha value is -2.92. The van der Waals surface area contributed by atoms with E-state index in [1.165, 1.54) is 5.56 Å². The molecule has 0 spiro atoms. The van der Waals surface area contributed by atoms with E-state index in [2.05, 4.69) is 31.5 Å². The normalized spacial score (nSPS) is 11.6. The summed E-state index contributed by atoms with van der Waals surface area (Å²) in [6.45, 7) is 2.05. The molecule has 0 radical (unpaired) electrons. The molecule has 0 aliphatic rings. The molecule has 24 heavy (non-hydrogen) atoms. The van der Waals surface area contributed by atoms with Crippen LogP contribution in [0.1, 0.15) is 11.1 Å². The van der Waals surface area contributed by atoms with E-state index >= 15 is 0 Å². The molecule has 0 aliphatic heterocycles. The lowest BCUT2D eigenvalue weighted by molar-refractivity contribution is 1.21. The first-order valence-electron chi connectivity index (χ1n) is 7.50. The number of nitrogens with one attached hydrogen (secondary N) is 2. The number of imidazole rings is 1. The number of hydrogen-bond donors (Lipinski definition) is 2. The van der Waals surface area contributed by atoms with Crippen molar-refractivity contribution in [2.45, 2.75) is 6.92 Å². The van der Waals surface area contributed by atoms with Crippen molar-refractivity contribution in [1.29, 1.82) is 0 Å². The van der Waals surface area contributed by atoms with E-state index in [1.807, 2.05) is 49.4 Å². The number of hydrogen-bond acceptors (Lipinski definition) is 4. The fourth-order valence-corrected chi connectivity index (χ4v) is 2.74. The van der Waals surface area contributed by atoms with Crippen molar-refractivity contribution in [1.82, 2.24) is 15.0 Å². The molecule has 0 fully saturated rings. The van der Waals surface area contributed by atoms with E-state index < -0.39 is 0 Å². The van der Waals surface area contributed by atoms with Gasteiger partial charge in [0.05, 0.1) is 22.8 Å². The van der Waals surface area contributed by atoms with Crippen molar-refractivity contribution in [2.75, 3.05) is 5.43 Å². The molecule has 118 valence electrons. The van der Waals surface area contributed by atoms with E-state index in [0.29, 0.717) is 11.1 Å². The minimum absolute atomic E-state index is 0.418. The van der Waals surface area contributed by atoms with Crippen molar-refractivity contribution in [3.63, 3.8) is 0 Å². The lowest BCUT2D eigenvalue weighted by Crippen LogP contribution is -1.94. The summed E-state index contributed by atoms with van der Waals surface area (Å²) >= 11 is 6.24. The van der Waals surface area contributed by atoms with E-state index in [1.54, 1.807) is 6.21 Å². The lowest BCUT2D eigenvalue weighted by Gasteiger charge is -2.03. The molecule has 0 aliphatic carbocycles. The summed E-state index contributed by atoms with van der Waals surface area (Å²) < 4.78 is 0. The molecule has 2 aromatic heterocycles. The Morgan fingerprint density at radius 2 is 1.96 bits per heavy atom. The number of aromatic amines is 1. The predicted molar refractivity (Wildman–Crippen MR) is 98.8 cm³/mol. The van der Waals surface area contributed by atoms with Crippen LogP contribution >= 0.6 is 11.6 Å². The molecule has 0 bridgehead atoms. The smallest absolute Gasteiger partial charge is 0.222 e. The number of rotatable bonds is 3. The Labute approximate surface area is 143 Å². The van der Waals surface area contributed by atoms with Gasteiger partial charge >= 0.3 is 0 Å². The second-order valence-electron chi connectivity index (χ2n) is 5.54. The quantitative estimate of drug-likeness (QED) is 0.328. The average Bonchev–Trinajstić information content (AvgIpc) is 2.98. The van der Waals surface area contributed by atoms with E-state index in [4.69, 9.17) is 11.6 Å². The van der Waals surface area contributed by atoms with Gasteiger partial charge in [0.1, 0.15) is 5.15 Å². The van der Waals surface area contributed by atoms with Crippen molar-refractivity contribution >= 4 is 45.7 Å².